The maximum absolute atomic E-state index is 4.53. The maximum atomic E-state index is 4.53. The van der Waals surface area contributed by atoms with Crippen LogP contribution in [0.4, 0.5) is 11.6 Å². The molecule has 2 heterocycles. The maximum Gasteiger partial charge on any atom is 0.137 e. The number of hydrogen-bond acceptors (Lipinski definition) is 4. The Labute approximate surface area is 110 Å². The first-order valence-electron chi connectivity index (χ1n) is 7.19. The van der Waals surface area contributed by atoms with Crippen molar-refractivity contribution in [3.63, 3.8) is 0 Å². The van der Waals surface area contributed by atoms with Crippen molar-refractivity contribution in [1.82, 2.24) is 9.97 Å². The smallest absolute Gasteiger partial charge is 0.137 e. The molecule has 100 valence electrons. The summed E-state index contributed by atoms with van der Waals surface area (Å²) < 4.78 is 0. The number of nitrogens with zero attached hydrogens (tertiary/aromatic N) is 3. The Morgan fingerprint density at radius 2 is 1.83 bits per heavy atom. The van der Waals surface area contributed by atoms with E-state index >= 15 is 0 Å². The molecule has 0 saturated carbocycles. The number of anilines is 2. The molecule has 1 fully saturated rings. The number of rotatable bonds is 4. The molecule has 4 heteroatoms. The van der Waals surface area contributed by atoms with E-state index in [4.69, 9.17) is 0 Å². The van der Waals surface area contributed by atoms with Crippen LogP contribution in [0.2, 0.25) is 0 Å². The molecule has 1 N–H and O–H groups in total. The van der Waals surface area contributed by atoms with E-state index in [1.807, 2.05) is 0 Å². The first-order valence-corrected chi connectivity index (χ1v) is 7.19. The van der Waals surface area contributed by atoms with Crippen LogP contribution in [0.15, 0.2) is 6.33 Å². The van der Waals surface area contributed by atoms with E-state index in [1.165, 1.54) is 31.2 Å². The highest BCUT2D eigenvalue weighted by Crippen LogP contribution is 2.26. The van der Waals surface area contributed by atoms with Crippen molar-refractivity contribution in [2.45, 2.75) is 46.0 Å². The van der Waals surface area contributed by atoms with Crippen LogP contribution in [0.5, 0.6) is 0 Å². The normalized spacial score (nSPS) is 16.4. The average Bonchev–Trinajstić information content (AvgIpc) is 2.67. The van der Waals surface area contributed by atoms with Crippen molar-refractivity contribution in [3.8, 4) is 0 Å². The topological polar surface area (TPSA) is 41.1 Å². The number of aromatic nitrogens is 2. The quantitative estimate of drug-likeness (QED) is 0.889. The molecular weight excluding hydrogens is 224 g/mol. The van der Waals surface area contributed by atoms with Gasteiger partial charge in [0.1, 0.15) is 18.0 Å². The van der Waals surface area contributed by atoms with Crippen molar-refractivity contribution in [2.75, 3.05) is 29.9 Å². The van der Waals surface area contributed by atoms with Crippen LogP contribution in [-0.2, 0) is 6.42 Å². The van der Waals surface area contributed by atoms with Gasteiger partial charge in [-0.05, 0) is 26.2 Å². The highest BCUT2D eigenvalue weighted by Gasteiger charge is 2.17. The standard InChI is InChI=1S/C14H24N4/c1-3-12-13(15-4-2)16-11-17-14(12)18-9-7-5-6-8-10-18/h11H,3-10H2,1-2H3,(H,15,16,17). The van der Waals surface area contributed by atoms with Crippen LogP contribution in [-0.4, -0.2) is 29.6 Å². The van der Waals surface area contributed by atoms with Crippen LogP contribution in [0.25, 0.3) is 0 Å². The summed E-state index contributed by atoms with van der Waals surface area (Å²) >= 11 is 0. The highest BCUT2D eigenvalue weighted by atomic mass is 15.2. The van der Waals surface area contributed by atoms with Crippen LogP contribution in [0, 0.1) is 0 Å². The molecule has 1 aliphatic rings. The molecule has 0 spiro atoms. The predicted molar refractivity (Wildman–Crippen MR) is 76.3 cm³/mol. The van der Waals surface area contributed by atoms with Crippen molar-refractivity contribution in [1.29, 1.82) is 0 Å². The van der Waals surface area contributed by atoms with E-state index in [0.29, 0.717) is 0 Å². The van der Waals surface area contributed by atoms with Crippen LogP contribution in [0.1, 0.15) is 45.1 Å². The van der Waals surface area contributed by atoms with Gasteiger partial charge in [0.25, 0.3) is 0 Å². The summed E-state index contributed by atoms with van der Waals surface area (Å²) in [5.41, 5.74) is 1.27. The van der Waals surface area contributed by atoms with Crippen molar-refractivity contribution >= 4 is 11.6 Å². The summed E-state index contributed by atoms with van der Waals surface area (Å²) in [6.07, 6.45) is 7.94. The third kappa shape index (κ3) is 2.92. The molecule has 0 aromatic carbocycles. The van der Waals surface area contributed by atoms with E-state index in [2.05, 4.69) is 34.0 Å². The molecule has 0 atom stereocenters. The molecule has 0 aliphatic carbocycles. The van der Waals surface area contributed by atoms with Crippen LogP contribution >= 0.6 is 0 Å². The minimum atomic E-state index is 0.906. The van der Waals surface area contributed by atoms with Crippen LogP contribution < -0.4 is 10.2 Å². The monoisotopic (exact) mass is 248 g/mol. The van der Waals surface area contributed by atoms with Crippen molar-refractivity contribution < 1.29 is 0 Å². The van der Waals surface area contributed by atoms with Gasteiger partial charge in [-0.25, -0.2) is 9.97 Å². The average molecular weight is 248 g/mol. The SMILES string of the molecule is CCNc1ncnc(N2CCCCCC2)c1CC. The summed E-state index contributed by atoms with van der Waals surface area (Å²) in [6, 6.07) is 0. The Morgan fingerprint density at radius 3 is 2.44 bits per heavy atom. The summed E-state index contributed by atoms with van der Waals surface area (Å²) in [4.78, 5) is 11.3. The second kappa shape index (κ2) is 6.57. The van der Waals surface area contributed by atoms with E-state index < -0.39 is 0 Å². The first kappa shape index (κ1) is 13.1. The van der Waals surface area contributed by atoms with Crippen molar-refractivity contribution in [2.24, 2.45) is 0 Å². The molecule has 1 saturated heterocycles. The van der Waals surface area contributed by atoms with Crippen LogP contribution in [0.3, 0.4) is 0 Å². The molecular formula is C14H24N4. The van der Waals surface area contributed by atoms with E-state index in [9.17, 15) is 0 Å². The molecule has 0 amide bonds. The third-order valence-electron chi connectivity index (χ3n) is 3.53. The molecule has 1 aliphatic heterocycles. The van der Waals surface area contributed by atoms with Gasteiger partial charge in [-0.3, -0.25) is 0 Å². The predicted octanol–water partition coefficient (Wildman–Crippen LogP) is 2.85. The summed E-state index contributed by atoms with van der Waals surface area (Å²) in [5.74, 6) is 2.15. The van der Waals surface area contributed by atoms with Gasteiger partial charge < -0.3 is 10.2 Å². The van der Waals surface area contributed by atoms with Crippen molar-refractivity contribution in [3.05, 3.63) is 11.9 Å². The molecule has 2 rings (SSSR count). The Kier molecular flexibility index (Phi) is 4.79. The second-order valence-electron chi connectivity index (χ2n) is 4.81. The molecule has 1 aromatic heterocycles. The van der Waals surface area contributed by atoms with Gasteiger partial charge in [-0.1, -0.05) is 19.8 Å². The lowest BCUT2D eigenvalue weighted by molar-refractivity contribution is 0.726. The summed E-state index contributed by atoms with van der Waals surface area (Å²) in [7, 11) is 0. The fourth-order valence-corrected chi connectivity index (χ4v) is 2.60. The van der Waals surface area contributed by atoms with Gasteiger partial charge in [0.05, 0.1) is 0 Å². The zero-order valence-electron chi connectivity index (χ0n) is 11.6. The minimum absolute atomic E-state index is 0.906. The highest BCUT2D eigenvalue weighted by molar-refractivity contribution is 5.58. The molecule has 0 bridgehead atoms. The Hall–Kier alpha value is -1.32. The fraction of sp³-hybridized carbons (Fsp3) is 0.714. The Morgan fingerprint density at radius 1 is 1.11 bits per heavy atom. The lowest BCUT2D eigenvalue weighted by Gasteiger charge is -2.24. The van der Waals surface area contributed by atoms with Gasteiger partial charge in [0.15, 0.2) is 0 Å². The van der Waals surface area contributed by atoms with Gasteiger partial charge in [0, 0.05) is 25.2 Å². The largest absolute Gasteiger partial charge is 0.370 e. The number of hydrogen-bond donors (Lipinski definition) is 1. The van der Waals surface area contributed by atoms with E-state index in [1.54, 1.807) is 6.33 Å². The molecule has 0 radical (unpaired) electrons. The van der Waals surface area contributed by atoms with Gasteiger partial charge >= 0.3 is 0 Å². The first-order chi connectivity index (χ1) is 8.86. The fourth-order valence-electron chi connectivity index (χ4n) is 2.60. The van der Waals surface area contributed by atoms with E-state index in [0.717, 1.165) is 37.7 Å². The zero-order valence-corrected chi connectivity index (χ0v) is 11.6. The van der Waals surface area contributed by atoms with Gasteiger partial charge in [-0.2, -0.15) is 0 Å². The zero-order chi connectivity index (χ0) is 12.8. The second-order valence-corrected chi connectivity index (χ2v) is 4.81. The minimum Gasteiger partial charge on any atom is -0.370 e. The Bertz CT molecular complexity index is 370. The molecule has 0 unspecified atom stereocenters. The lowest BCUT2D eigenvalue weighted by Crippen LogP contribution is -2.26. The summed E-state index contributed by atoms with van der Waals surface area (Å²) in [6.45, 7) is 7.46. The number of nitrogens with one attached hydrogen (secondary N) is 1. The third-order valence-corrected chi connectivity index (χ3v) is 3.53. The molecule has 18 heavy (non-hydrogen) atoms. The Balaban J connectivity index is 2.27. The summed E-state index contributed by atoms with van der Waals surface area (Å²) in [5, 5.41) is 3.34. The molecule has 1 aromatic rings. The van der Waals surface area contributed by atoms with Gasteiger partial charge in [-0.15, -0.1) is 0 Å². The van der Waals surface area contributed by atoms with Gasteiger partial charge in [0.2, 0.25) is 0 Å². The molecule has 4 nitrogen and oxygen atoms in total. The van der Waals surface area contributed by atoms with E-state index in [-0.39, 0.29) is 0 Å². The lowest BCUT2D eigenvalue weighted by atomic mass is 10.2.